The number of nitrogens with two attached hydrogens (primary N) is 1. The van der Waals surface area contributed by atoms with Crippen LogP contribution in [0.1, 0.15) is 37.7 Å². The monoisotopic (exact) mass is 222 g/mol. The molecule has 88 valence electrons. The Balaban J connectivity index is 2.05. The van der Waals surface area contributed by atoms with E-state index in [1.54, 1.807) is 6.20 Å². The summed E-state index contributed by atoms with van der Waals surface area (Å²) in [6.07, 6.45) is 6.46. The van der Waals surface area contributed by atoms with Crippen LogP contribution in [0, 0.1) is 6.92 Å². The molecule has 1 saturated carbocycles. The molecule has 0 aliphatic heterocycles. The van der Waals surface area contributed by atoms with Gasteiger partial charge in [-0.05, 0) is 19.8 Å². The Morgan fingerprint density at radius 1 is 1.50 bits per heavy atom. The zero-order chi connectivity index (χ0) is 11.6. The Morgan fingerprint density at radius 2 is 2.19 bits per heavy atom. The van der Waals surface area contributed by atoms with Gasteiger partial charge < -0.3 is 11.1 Å². The van der Waals surface area contributed by atoms with Gasteiger partial charge in [-0.3, -0.25) is 9.89 Å². The van der Waals surface area contributed by atoms with E-state index in [0.717, 1.165) is 31.2 Å². The molecule has 1 heterocycles. The molecule has 0 radical (unpaired) electrons. The number of anilines is 1. The molecule has 0 bridgehead atoms. The first kappa shape index (κ1) is 11.1. The van der Waals surface area contributed by atoms with Gasteiger partial charge in [-0.1, -0.05) is 19.3 Å². The number of H-pyrrole nitrogens is 1. The number of rotatable bonds is 2. The Morgan fingerprint density at radius 3 is 2.75 bits per heavy atom. The highest BCUT2D eigenvalue weighted by atomic mass is 16.2. The summed E-state index contributed by atoms with van der Waals surface area (Å²) in [4.78, 5) is 12.1. The normalized spacial score (nSPS) is 19.4. The Labute approximate surface area is 94.8 Å². The maximum absolute atomic E-state index is 12.1. The first-order chi connectivity index (χ1) is 7.62. The van der Waals surface area contributed by atoms with Crippen molar-refractivity contribution < 1.29 is 4.79 Å². The van der Waals surface area contributed by atoms with Gasteiger partial charge >= 0.3 is 0 Å². The van der Waals surface area contributed by atoms with E-state index >= 15 is 0 Å². The molecule has 0 saturated heterocycles. The summed E-state index contributed by atoms with van der Waals surface area (Å²) in [7, 11) is 0. The van der Waals surface area contributed by atoms with Crippen molar-refractivity contribution in [3.63, 3.8) is 0 Å². The maximum atomic E-state index is 12.1. The number of aryl methyl sites for hydroxylation is 1. The maximum Gasteiger partial charge on any atom is 0.245 e. The minimum atomic E-state index is -0.699. The number of carbonyl (C=O) groups excluding carboxylic acids is 1. The molecule has 1 aromatic rings. The van der Waals surface area contributed by atoms with Crippen molar-refractivity contribution in [1.82, 2.24) is 10.2 Å². The van der Waals surface area contributed by atoms with Gasteiger partial charge in [0.15, 0.2) is 0 Å². The number of aromatic nitrogens is 2. The largest absolute Gasteiger partial charge is 0.317 e. The van der Waals surface area contributed by atoms with E-state index in [-0.39, 0.29) is 5.91 Å². The molecule has 1 aliphatic carbocycles. The van der Waals surface area contributed by atoms with Gasteiger partial charge in [0.1, 0.15) is 5.82 Å². The fraction of sp³-hybridized carbons (Fsp3) is 0.636. The fourth-order valence-electron chi connectivity index (χ4n) is 2.12. The molecule has 4 N–H and O–H groups in total. The predicted molar refractivity (Wildman–Crippen MR) is 62.0 cm³/mol. The van der Waals surface area contributed by atoms with E-state index in [1.165, 1.54) is 6.42 Å². The summed E-state index contributed by atoms with van der Waals surface area (Å²) in [5, 5.41) is 9.44. The molecular weight excluding hydrogens is 204 g/mol. The van der Waals surface area contributed by atoms with Gasteiger partial charge in [-0.15, -0.1) is 0 Å². The molecule has 16 heavy (non-hydrogen) atoms. The SMILES string of the molecule is Cc1cn[nH]c1NC(=O)C1(N)CCCCC1. The molecule has 1 aliphatic rings. The fourth-order valence-corrected chi connectivity index (χ4v) is 2.12. The predicted octanol–water partition coefficient (Wildman–Crippen LogP) is 1.32. The first-order valence-electron chi connectivity index (χ1n) is 5.72. The van der Waals surface area contributed by atoms with Crippen LogP contribution in [0.2, 0.25) is 0 Å². The van der Waals surface area contributed by atoms with Gasteiger partial charge in [-0.2, -0.15) is 5.10 Å². The molecule has 0 atom stereocenters. The minimum absolute atomic E-state index is 0.0976. The van der Waals surface area contributed by atoms with Crippen LogP contribution in [-0.4, -0.2) is 21.6 Å². The van der Waals surface area contributed by atoms with E-state index in [1.807, 2.05) is 6.92 Å². The standard InChI is InChI=1S/C11H18N4O/c1-8-7-13-15-9(8)14-10(16)11(12)5-3-2-4-6-11/h7H,2-6,12H2,1H3,(H2,13,14,15,16). The van der Waals surface area contributed by atoms with E-state index in [0.29, 0.717) is 5.82 Å². The highest BCUT2D eigenvalue weighted by Crippen LogP contribution is 2.27. The Kier molecular flexibility index (Phi) is 2.96. The van der Waals surface area contributed by atoms with Crippen molar-refractivity contribution in [2.24, 2.45) is 5.73 Å². The lowest BCUT2D eigenvalue weighted by atomic mass is 9.82. The first-order valence-corrected chi connectivity index (χ1v) is 5.72. The summed E-state index contributed by atoms with van der Waals surface area (Å²) in [6, 6.07) is 0. The summed E-state index contributed by atoms with van der Waals surface area (Å²) in [5.74, 6) is 0.556. The molecule has 1 amide bonds. The summed E-state index contributed by atoms with van der Waals surface area (Å²) in [6.45, 7) is 1.89. The van der Waals surface area contributed by atoms with Crippen molar-refractivity contribution in [3.05, 3.63) is 11.8 Å². The van der Waals surface area contributed by atoms with E-state index in [4.69, 9.17) is 5.73 Å². The third-order valence-electron chi connectivity index (χ3n) is 3.27. The lowest BCUT2D eigenvalue weighted by Gasteiger charge is -2.31. The van der Waals surface area contributed by atoms with Crippen molar-refractivity contribution in [3.8, 4) is 0 Å². The molecule has 2 rings (SSSR count). The number of aromatic amines is 1. The molecule has 1 fully saturated rings. The Bertz CT molecular complexity index is 379. The van der Waals surface area contributed by atoms with Crippen molar-refractivity contribution in [1.29, 1.82) is 0 Å². The minimum Gasteiger partial charge on any atom is -0.317 e. The van der Waals surface area contributed by atoms with Gasteiger partial charge in [0.25, 0.3) is 0 Å². The summed E-state index contributed by atoms with van der Waals surface area (Å²) >= 11 is 0. The second-order valence-electron chi connectivity index (χ2n) is 4.60. The van der Waals surface area contributed by atoms with Crippen molar-refractivity contribution >= 4 is 11.7 Å². The van der Waals surface area contributed by atoms with Crippen LogP contribution in [-0.2, 0) is 4.79 Å². The second-order valence-corrected chi connectivity index (χ2v) is 4.60. The second kappa shape index (κ2) is 4.25. The van der Waals surface area contributed by atoms with Crippen LogP contribution in [0.25, 0.3) is 0 Å². The molecule has 0 spiro atoms. The lowest BCUT2D eigenvalue weighted by molar-refractivity contribution is -0.122. The quantitative estimate of drug-likeness (QED) is 0.705. The van der Waals surface area contributed by atoms with E-state index in [2.05, 4.69) is 15.5 Å². The van der Waals surface area contributed by atoms with E-state index < -0.39 is 5.54 Å². The third-order valence-corrected chi connectivity index (χ3v) is 3.27. The number of amides is 1. The van der Waals surface area contributed by atoms with Gasteiger partial charge in [0, 0.05) is 5.56 Å². The Hall–Kier alpha value is -1.36. The zero-order valence-electron chi connectivity index (χ0n) is 9.55. The van der Waals surface area contributed by atoms with Gasteiger partial charge in [0.05, 0.1) is 11.7 Å². The van der Waals surface area contributed by atoms with Crippen LogP contribution in [0.15, 0.2) is 6.20 Å². The molecule has 5 heteroatoms. The van der Waals surface area contributed by atoms with Crippen molar-refractivity contribution in [2.75, 3.05) is 5.32 Å². The topological polar surface area (TPSA) is 83.8 Å². The lowest BCUT2D eigenvalue weighted by Crippen LogP contribution is -2.52. The third kappa shape index (κ3) is 2.09. The van der Waals surface area contributed by atoms with Crippen LogP contribution in [0.3, 0.4) is 0 Å². The molecule has 5 nitrogen and oxygen atoms in total. The molecule has 0 aromatic carbocycles. The van der Waals surface area contributed by atoms with Crippen molar-refractivity contribution in [2.45, 2.75) is 44.6 Å². The summed E-state index contributed by atoms with van der Waals surface area (Å²) < 4.78 is 0. The average Bonchev–Trinajstić information content (AvgIpc) is 2.65. The summed E-state index contributed by atoms with van der Waals surface area (Å²) in [5.41, 5.74) is 6.35. The van der Waals surface area contributed by atoms with E-state index in [9.17, 15) is 4.79 Å². The number of nitrogens with zero attached hydrogens (tertiary/aromatic N) is 1. The zero-order valence-corrected chi connectivity index (χ0v) is 9.55. The highest BCUT2D eigenvalue weighted by Gasteiger charge is 2.35. The number of hydrogen-bond acceptors (Lipinski definition) is 3. The average molecular weight is 222 g/mol. The van der Waals surface area contributed by atoms with Crippen LogP contribution >= 0.6 is 0 Å². The number of carbonyl (C=O) groups is 1. The van der Waals surface area contributed by atoms with Gasteiger partial charge in [-0.25, -0.2) is 0 Å². The molecule has 0 unspecified atom stereocenters. The highest BCUT2D eigenvalue weighted by molar-refractivity contribution is 5.97. The van der Waals surface area contributed by atoms with Gasteiger partial charge in [0.2, 0.25) is 5.91 Å². The van der Waals surface area contributed by atoms with Crippen LogP contribution in [0.5, 0.6) is 0 Å². The number of hydrogen-bond donors (Lipinski definition) is 3. The smallest absolute Gasteiger partial charge is 0.245 e. The van der Waals surface area contributed by atoms with Crippen LogP contribution < -0.4 is 11.1 Å². The number of nitrogens with one attached hydrogen (secondary N) is 2. The molecular formula is C11H18N4O. The van der Waals surface area contributed by atoms with Crippen LogP contribution in [0.4, 0.5) is 5.82 Å². The molecule has 1 aromatic heterocycles.